The van der Waals surface area contributed by atoms with Crippen molar-refractivity contribution in [3.63, 3.8) is 0 Å². The Morgan fingerprint density at radius 2 is 2.00 bits per heavy atom. The number of aryl methyl sites for hydroxylation is 3. The van der Waals surface area contributed by atoms with Crippen LogP contribution in [0.4, 0.5) is 5.69 Å². The maximum Gasteiger partial charge on any atom is 0.355 e. The Balaban J connectivity index is 2.79. The second-order valence-electron chi connectivity index (χ2n) is 4.62. The molecule has 2 aromatic rings. The van der Waals surface area contributed by atoms with E-state index in [1.165, 1.54) is 6.07 Å². The highest BCUT2D eigenvalue weighted by molar-refractivity contribution is 6.00. The first kappa shape index (κ1) is 14.0. The van der Waals surface area contributed by atoms with Gasteiger partial charge in [-0.3, -0.25) is 10.1 Å². The first-order chi connectivity index (χ1) is 9.40. The number of carbonyl (C=O) groups is 1. The Hall–Kier alpha value is -2.37. The van der Waals surface area contributed by atoms with Gasteiger partial charge in [0.25, 0.3) is 5.69 Å². The van der Waals surface area contributed by atoms with E-state index in [0.29, 0.717) is 23.4 Å². The molecule has 6 nitrogen and oxygen atoms in total. The van der Waals surface area contributed by atoms with Crippen LogP contribution in [0.25, 0.3) is 10.9 Å². The van der Waals surface area contributed by atoms with Crippen molar-refractivity contribution in [2.75, 3.05) is 6.61 Å². The summed E-state index contributed by atoms with van der Waals surface area (Å²) in [6, 6.07) is 3.15. The van der Waals surface area contributed by atoms with Crippen LogP contribution < -0.4 is 0 Å². The van der Waals surface area contributed by atoms with Gasteiger partial charge in [0.2, 0.25) is 0 Å². The van der Waals surface area contributed by atoms with E-state index < -0.39 is 10.9 Å². The molecule has 0 fully saturated rings. The van der Waals surface area contributed by atoms with Gasteiger partial charge in [0.1, 0.15) is 5.69 Å². The van der Waals surface area contributed by atoms with Crippen molar-refractivity contribution >= 4 is 22.6 Å². The first-order valence-electron chi connectivity index (χ1n) is 6.30. The number of nitrogens with zero attached hydrogens (tertiary/aromatic N) is 2. The molecule has 1 aromatic heterocycles. The normalized spacial score (nSPS) is 10.8. The van der Waals surface area contributed by atoms with E-state index in [1.807, 2.05) is 6.92 Å². The molecule has 0 unspecified atom stereocenters. The Bertz CT molecular complexity index is 716. The second-order valence-corrected chi connectivity index (χ2v) is 4.62. The standard InChI is InChI=1S/C14H16N2O4/c1-5-20-14(17)13-8(2)10-6-7-11(16(18)19)9(3)12(10)15(13)4/h6-7H,5H2,1-4H3. The lowest BCUT2D eigenvalue weighted by molar-refractivity contribution is -0.385. The number of esters is 1. The molecule has 6 heteroatoms. The van der Waals surface area contributed by atoms with Gasteiger partial charge in [-0.1, -0.05) is 0 Å². The zero-order valence-corrected chi connectivity index (χ0v) is 11.9. The molecule has 0 radical (unpaired) electrons. The molecule has 0 bridgehead atoms. The SMILES string of the molecule is CCOC(=O)c1c(C)c2ccc([N+](=O)[O-])c(C)c2n1C. The van der Waals surface area contributed by atoms with Crippen LogP contribution in [0.2, 0.25) is 0 Å². The van der Waals surface area contributed by atoms with Crippen LogP contribution in [0.5, 0.6) is 0 Å². The molecule has 0 saturated carbocycles. The van der Waals surface area contributed by atoms with E-state index in [1.54, 1.807) is 31.5 Å². The summed E-state index contributed by atoms with van der Waals surface area (Å²) in [5.41, 5.74) is 2.51. The molecule has 106 valence electrons. The summed E-state index contributed by atoms with van der Waals surface area (Å²) in [5.74, 6) is -0.411. The first-order valence-corrected chi connectivity index (χ1v) is 6.30. The van der Waals surface area contributed by atoms with Crippen molar-refractivity contribution in [3.05, 3.63) is 39.1 Å². The molecule has 0 saturated heterocycles. The fourth-order valence-corrected chi connectivity index (χ4v) is 2.60. The van der Waals surface area contributed by atoms with Gasteiger partial charge >= 0.3 is 5.97 Å². The van der Waals surface area contributed by atoms with Crippen LogP contribution in [-0.4, -0.2) is 22.1 Å². The Morgan fingerprint density at radius 1 is 1.35 bits per heavy atom. The van der Waals surface area contributed by atoms with E-state index in [2.05, 4.69) is 0 Å². The zero-order valence-electron chi connectivity index (χ0n) is 11.9. The van der Waals surface area contributed by atoms with Gasteiger partial charge < -0.3 is 9.30 Å². The lowest BCUT2D eigenvalue weighted by Crippen LogP contribution is -2.11. The molecular formula is C14H16N2O4. The largest absolute Gasteiger partial charge is 0.461 e. The molecule has 1 aromatic carbocycles. The topological polar surface area (TPSA) is 74.4 Å². The highest BCUT2D eigenvalue weighted by Gasteiger charge is 2.23. The Labute approximate surface area is 116 Å². The molecule has 0 aliphatic rings. The van der Waals surface area contributed by atoms with Gasteiger partial charge in [0.15, 0.2) is 0 Å². The van der Waals surface area contributed by atoms with Crippen LogP contribution in [0.3, 0.4) is 0 Å². The third-order valence-corrected chi connectivity index (χ3v) is 3.50. The van der Waals surface area contributed by atoms with E-state index >= 15 is 0 Å². The van der Waals surface area contributed by atoms with Crippen LogP contribution in [0.1, 0.15) is 28.5 Å². The monoisotopic (exact) mass is 276 g/mol. The summed E-state index contributed by atoms with van der Waals surface area (Å²) >= 11 is 0. The molecule has 0 aliphatic heterocycles. The molecule has 0 aliphatic carbocycles. The van der Waals surface area contributed by atoms with E-state index in [4.69, 9.17) is 4.74 Å². The summed E-state index contributed by atoms with van der Waals surface area (Å²) in [6.45, 7) is 5.54. The number of rotatable bonds is 3. The second kappa shape index (κ2) is 4.96. The molecule has 0 N–H and O–H groups in total. The minimum Gasteiger partial charge on any atom is -0.461 e. The minimum atomic E-state index is -0.416. The van der Waals surface area contributed by atoms with Crippen LogP contribution in [0, 0.1) is 24.0 Å². The number of hydrogen-bond acceptors (Lipinski definition) is 4. The van der Waals surface area contributed by atoms with Crippen molar-refractivity contribution in [1.29, 1.82) is 0 Å². The number of benzene rings is 1. The fraction of sp³-hybridized carbons (Fsp3) is 0.357. The molecule has 0 atom stereocenters. The molecule has 0 amide bonds. The van der Waals surface area contributed by atoms with Crippen molar-refractivity contribution in [3.8, 4) is 0 Å². The molecule has 1 heterocycles. The molecule has 0 spiro atoms. The summed E-state index contributed by atoms with van der Waals surface area (Å²) in [4.78, 5) is 22.6. The lowest BCUT2D eigenvalue weighted by atomic mass is 10.1. The van der Waals surface area contributed by atoms with Crippen molar-refractivity contribution in [2.24, 2.45) is 7.05 Å². The quantitative estimate of drug-likeness (QED) is 0.491. The van der Waals surface area contributed by atoms with Crippen LogP contribution >= 0.6 is 0 Å². The fourth-order valence-electron chi connectivity index (χ4n) is 2.60. The average Bonchev–Trinajstić information content (AvgIpc) is 2.62. The Morgan fingerprint density at radius 3 is 2.55 bits per heavy atom. The van der Waals surface area contributed by atoms with Gasteiger partial charge in [-0.15, -0.1) is 0 Å². The maximum absolute atomic E-state index is 12.0. The predicted octanol–water partition coefficient (Wildman–Crippen LogP) is 2.88. The van der Waals surface area contributed by atoms with Gasteiger partial charge in [0.05, 0.1) is 22.6 Å². The summed E-state index contributed by atoms with van der Waals surface area (Å²) in [7, 11) is 1.72. The average molecular weight is 276 g/mol. The molecular weight excluding hydrogens is 260 g/mol. The van der Waals surface area contributed by atoms with Crippen LogP contribution in [0.15, 0.2) is 12.1 Å². The zero-order chi connectivity index (χ0) is 15.0. The minimum absolute atomic E-state index is 0.0495. The van der Waals surface area contributed by atoms with Crippen LogP contribution in [-0.2, 0) is 11.8 Å². The van der Waals surface area contributed by atoms with Crippen molar-refractivity contribution in [1.82, 2.24) is 4.57 Å². The number of fused-ring (bicyclic) bond motifs is 1. The van der Waals surface area contributed by atoms with E-state index in [-0.39, 0.29) is 5.69 Å². The highest BCUT2D eigenvalue weighted by atomic mass is 16.6. The summed E-state index contributed by atoms with van der Waals surface area (Å²) < 4.78 is 6.71. The molecule has 20 heavy (non-hydrogen) atoms. The number of carbonyl (C=O) groups excluding carboxylic acids is 1. The maximum atomic E-state index is 12.0. The third kappa shape index (κ3) is 1.93. The van der Waals surface area contributed by atoms with Crippen molar-refractivity contribution in [2.45, 2.75) is 20.8 Å². The smallest absolute Gasteiger partial charge is 0.355 e. The number of nitro benzene ring substituents is 1. The molecule has 2 rings (SSSR count). The van der Waals surface area contributed by atoms with Gasteiger partial charge in [-0.05, 0) is 32.4 Å². The number of aromatic nitrogens is 1. The van der Waals surface area contributed by atoms with Gasteiger partial charge in [-0.2, -0.15) is 0 Å². The van der Waals surface area contributed by atoms with Gasteiger partial charge in [0, 0.05) is 18.5 Å². The highest BCUT2D eigenvalue weighted by Crippen LogP contribution is 2.32. The summed E-state index contributed by atoms with van der Waals surface area (Å²) in [6.07, 6.45) is 0. The number of nitro groups is 1. The van der Waals surface area contributed by atoms with E-state index in [0.717, 1.165) is 10.9 Å². The predicted molar refractivity (Wildman–Crippen MR) is 75.0 cm³/mol. The lowest BCUT2D eigenvalue weighted by Gasteiger charge is -2.06. The number of hydrogen-bond donors (Lipinski definition) is 0. The number of ether oxygens (including phenoxy) is 1. The van der Waals surface area contributed by atoms with Crippen molar-refractivity contribution < 1.29 is 14.5 Å². The Kier molecular flexibility index (Phi) is 3.48. The summed E-state index contributed by atoms with van der Waals surface area (Å²) in [5, 5.41) is 11.8. The van der Waals surface area contributed by atoms with Gasteiger partial charge in [-0.25, -0.2) is 4.79 Å². The van der Waals surface area contributed by atoms with E-state index in [9.17, 15) is 14.9 Å². The third-order valence-electron chi connectivity index (χ3n) is 3.50.